The van der Waals surface area contributed by atoms with E-state index in [0.717, 1.165) is 19.4 Å². The number of hydrogen-bond donors (Lipinski definition) is 1. The van der Waals surface area contributed by atoms with Gasteiger partial charge in [0.2, 0.25) is 5.91 Å². The first-order valence-corrected chi connectivity index (χ1v) is 7.25. The number of nitro groups is 1. The molecule has 1 atom stereocenters. The minimum Gasteiger partial charge on any atom is -0.341 e. The predicted octanol–water partition coefficient (Wildman–Crippen LogP) is 2.63. The average molecular weight is 348 g/mol. The number of halogens is 2. The minimum absolute atomic E-state index is 0. The van der Waals surface area contributed by atoms with Crippen LogP contribution in [0.2, 0.25) is 5.02 Å². The van der Waals surface area contributed by atoms with Gasteiger partial charge in [0, 0.05) is 37.3 Å². The molecular formula is C14H19Cl2N3O3. The number of benzene rings is 1. The maximum absolute atomic E-state index is 12.3. The summed E-state index contributed by atoms with van der Waals surface area (Å²) in [5.74, 6) is 0.0194. The second-order valence-electron chi connectivity index (χ2n) is 5.27. The Bertz CT molecular complexity index is 548. The fraction of sp³-hybridized carbons (Fsp3) is 0.500. The summed E-state index contributed by atoms with van der Waals surface area (Å²) in [5.41, 5.74) is 0.570. The Morgan fingerprint density at radius 2 is 2.27 bits per heavy atom. The van der Waals surface area contributed by atoms with Gasteiger partial charge >= 0.3 is 0 Å². The van der Waals surface area contributed by atoms with Crippen molar-refractivity contribution in [1.29, 1.82) is 0 Å². The van der Waals surface area contributed by atoms with Crippen LogP contribution in [-0.4, -0.2) is 35.9 Å². The van der Waals surface area contributed by atoms with E-state index in [1.807, 2.05) is 0 Å². The van der Waals surface area contributed by atoms with Crippen LogP contribution >= 0.6 is 24.0 Å². The Morgan fingerprint density at radius 3 is 2.86 bits per heavy atom. The zero-order chi connectivity index (χ0) is 15.4. The summed E-state index contributed by atoms with van der Waals surface area (Å²) in [6.45, 7) is 1.91. The predicted molar refractivity (Wildman–Crippen MR) is 87.4 cm³/mol. The molecule has 1 aliphatic heterocycles. The molecule has 1 unspecified atom stereocenters. The van der Waals surface area contributed by atoms with Crippen molar-refractivity contribution in [2.24, 2.45) is 5.92 Å². The van der Waals surface area contributed by atoms with Gasteiger partial charge in [-0.3, -0.25) is 14.9 Å². The summed E-state index contributed by atoms with van der Waals surface area (Å²) in [7, 11) is 1.70. The number of carbonyl (C=O) groups excluding carboxylic acids is 1. The van der Waals surface area contributed by atoms with Crippen molar-refractivity contribution < 1.29 is 9.72 Å². The Kier molecular flexibility index (Phi) is 7.06. The number of hydrogen-bond acceptors (Lipinski definition) is 4. The first-order valence-electron chi connectivity index (χ1n) is 6.87. The summed E-state index contributed by atoms with van der Waals surface area (Å²) in [4.78, 5) is 24.3. The summed E-state index contributed by atoms with van der Waals surface area (Å²) < 4.78 is 0. The van der Waals surface area contributed by atoms with Crippen molar-refractivity contribution in [3.63, 3.8) is 0 Å². The van der Waals surface area contributed by atoms with Gasteiger partial charge in [-0.05, 0) is 31.0 Å². The third-order valence-electron chi connectivity index (χ3n) is 3.67. The van der Waals surface area contributed by atoms with Gasteiger partial charge in [-0.15, -0.1) is 12.4 Å². The number of amides is 1. The van der Waals surface area contributed by atoms with E-state index in [1.165, 1.54) is 18.2 Å². The van der Waals surface area contributed by atoms with Crippen LogP contribution in [0, 0.1) is 16.0 Å². The molecule has 1 N–H and O–H groups in total. The van der Waals surface area contributed by atoms with Crippen LogP contribution < -0.4 is 5.32 Å². The van der Waals surface area contributed by atoms with E-state index in [-0.39, 0.29) is 36.5 Å². The highest BCUT2D eigenvalue weighted by molar-refractivity contribution is 6.31. The van der Waals surface area contributed by atoms with Gasteiger partial charge in [0.15, 0.2) is 0 Å². The highest BCUT2D eigenvalue weighted by Crippen LogP contribution is 2.24. The van der Waals surface area contributed by atoms with Crippen molar-refractivity contribution in [3.8, 4) is 0 Å². The number of nitrogens with zero attached hydrogens (tertiary/aromatic N) is 2. The van der Waals surface area contributed by atoms with Gasteiger partial charge < -0.3 is 10.2 Å². The van der Waals surface area contributed by atoms with Gasteiger partial charge in [0.1, 0.15) is 0 Å². The smallest absolute Gasteiger partial charge is 0.269 e. The fourth-order valence-corrected chi connectivity index (χ4v) is 2.68. The van der Waals surface area contributed by atoms with E-state index in [4.69, 9.17) is 11.6 Å². The molecule has 6 nitrogen and oxygen atoms in total. The second kappa shape index (κ2) is 8.31. The first-order chi connectivity index (χ1) is 9.99. The van der Waals surface area contributed by atoms with Crippen molar-refractivity contribution in [1.82, 2.24) is 10.2 Å². The van der Waals surface area contributed by atoms with Gasteiger partial charge in [0.25, 0.3) is 5.69 Å². The van der Waals surface area contributed by atoms with Gasteiger partial charge in [-0.1, -0.05) is 11.6 Å². The molecule has 22 heavy (non-hydrogen) atoms. The van der Waals surface area contributed by atoms with Crippen molar-refractivity contribution in [3.05, 3.63) is 38.9 Å². The van der Waals surface area contributed by atoms with E-state index in [9.17, 15) is 14.9 Å². The summed E-state index contributed by atoms with van der Waals surface area (Å²) >= 11 is 6.06. The molecule has 1 fully saturated rings. The lowest BCUT2D eigenvalue weighted by molar-refractivity contribution is -0.384. The molecule has 0 aromatic heterocycles. The van der Waals surface area contributed by atoms with E-state index in [1.54, 1.807) is 11.9 Å². The van der Waals surface area contributed by atoms with E-state index >= 15 is 0 Å². The van der Waals surface area contributed by atoms with Crippen LogP contribution in [0.5, 0.6) is 0 Å². The molecule has 0 saturated carbocycles. The molecule has 0 spiro atoms. The van der Waals surface area contributed by atoms with Crippen LogP contribution in [-0.2, 0) is 11.3 Å². The summed E-state index contributed by atoms with van der Waals surface area (Å²) in [6.07, 6.45) is 1.86. The molecule has 0 aliphatic carbocycles. The standard InChI is InChI=1S/C14H18ClN3O3.ClH/c1-17(14(19)10-3-2-6-16-8-10)9-11-7-12(18(20)21)4-5-13(11)15;/h4-5,7,10,16H,2-3,6,8-9H2,1H3;1H. The summed E-state index contributed by atoms with van der Waals surface area (Å²) in [6, 6.07) is 4.28. The number of nitro benzene ring substituents is 1. The molecule has 2 rings (SSSR count). The quantitative estimate of drug-likeness (QED) is 0.670. The molecule has 1 heterocycles. The minimum atomic E-state index is -0.466. The normalized spacial score (nSPS) is 17.5. The van der Waals surface area contributed by atoms with Crippen LogP contribution in [0.3, 0.4) is 0 Å². The zero-order valence-corrected chi connectivity index (χ0v) is 13.8. The lowest BCUT2D eigenvalue weighted by Gasteiger charge is -2.27. The highest BCUT2D eigenvalue weighted by atomic mass is 35.5. The average Bonchev–Trinajstić information content (AvgIpc) is 2.49. The number of piperidine rings is 1. The van der Waals surface area contributed by atoms with Crippen LogP contribution in [0.15, 0.2) is 18.2 Å². The Balaban J connectivity index is 0.00000242. The summed E-state index contributed by atoms with van der Waals surface area (Å²) in [5, 5.41) is 14.4. The molecule has 122 valence electrons. The van der Waals surface area contributed by atoms with E-state index < -0.39 is 4.92 Å². The third kappa shape index (κ3) is 4.56. The molecule has 1 saturated heterocycles. The second-order valence-corrected chi connectivity index (χ2v) is 5.68. The van der Waals surface area contributed by atoms with Gasteiger partial charge in [0.05, 0.1) is 10.8 Å². The third-order valence-corrected chi connectivity index (χ3v) is 4.04. The van der Waals surface area contributed by atoms with Gasteiger partial charge in [-0.25, -0.2) is 0 Å². The Hall–Kier alpha value is -1.37. The van der Waals surface area contributed by atoms with Crippen LogP contribution in [0.4, 0.5) is 5.69 Å². The first kappa shape index (κ1) is 18.7. The number of rotatable bonds is 4. The fourth-order valence-electron chi connectivity index (χ4n) is 2.50. The lowest BCUT2D eigenvalue weighted by Crippen LogP contribution is -2.41. The molecular weight excluding hydrogens is 329 g/mol. The lowest BCUT2D eigenvalue weighted by atomic mass is 9.98. The molecule has 1 aliphatic rings. The largest absolute Gasteiger partial charge is 0.341 e. The molecule has 1 aromatic carbocycles. The maximum Gasteiger partial charge on any atom is 0.269 e. The van der Waals surface area contributed by atoms with Crippen molar-refractivity contribution >= 4 is 35.6 Å². The van der Waals surface area contributed by atoms with E-state index in [2.05, 4.69) is 5.32 Å². The molecule has 1 amide bonds. The molecule has 1 aromatic rings. The van der Waals surface area contributed by atoms with Gasteiger partial charge in [-0.2, -0.15) is 0 Å². The van der Waals surface area contributed by atoms with E-state index in [0.29, 0.717) is 17.1 Å². The monoisotopic (exact) mass is 347 g/mol. The highest BCUT2D eigenvalue weighted by Gasteiger charge is 2.24. The van der Waals surface area contributed by atoms with Crippen molar-refractivity contribution in [2.45, 2.75) is 19.4 Å². The SMILES string of the molecule is CN(Cc1cc([N+](=O)[O-])ccc1Cl)C(=O)C1CCCNC1.Cl. The van der Waals surface area contributed by atoms with Crippen LogP contribution in [0.1, 0.15) is 18.4 Å². The topological polar surface area (TPSA) is 75.5 Å². The number of nitrogens with one attached hydrogen (secondary N) is 1. The molecule has 0 radical (unpaired) electrons. The number of carbonyl (C=O) groups is 1. The maximum atomic E-state index is 12.3. The van der Waals surface area contributed by atoms with Crippen LogP contribution in [0.25, 0.3) is 0 Å². The molecule has 8 heteroatoms. The Labute approximate surface area is 140 Å². The Morgan fingerprint density at radius 1 is 1.55 bits per heavy atom. The van der Waals surface area contributed by atoms with Crippen molar-refractivity contribution in [2.75, 3.05) is 20.1 Å². The molecule has 0 bridgehead atoms. The zero-order valence-electron chi connectivity index (χ0n) is 12.3. The number of non-ortho nitro benzene ring substituents is 1.